The monoisotopic (exact) mass is 282 g/mol. The molecule has 1 aromatic carbocycles. The van der Waals surface area contributed by atoms with Gasteiger partial charge in [-0.25, -0.2) is 0 Å². The number of hydrogen-bond acceptors (Lipinski definition) is 3. The van der Waals surface area contributed by atoms with E-state index in [1.165, 1.54) is 0 Å². The molecule has 0 aliphatic carbocycles. The average Bonchev–Trinajstić information content (AvgIpc) is 2.99. The Balaban J connectivity index is 1.94. The molecule has 0 bridgehead atoms. The molecule has 1 aromatic heterocycles. The highest BCUT2D eigenvalue weighted by Gasteiger charge is 2.06. The lowest BCUT2D eigenvalue weighted by Crippen LogP contribution is -2.13. The smallest absolute Gasteiger partial charge is 0.224 e. The van der Waals surface area contributed by atoms with Crippen molar-refractivity contribution in [2.24, 2.45) is 5.73 Å². The Kier molecular flexibility index (Phi) is 5.19. The fraction of sp³-hybridized carbons (Fsp3) is 0.235. The molecule has 0 saturated heterocycles. The van der Waals surface area contributed by atoms with Crippen LogP contribution in [0.2, 0.25) is 0 Å². The highest BCUT2D eigenvalue weighted by atomic mass is 16.3. The number of anilines is 1. The first-order valence-corrected chi connectivity index (χ1v) is 6.81. The Morgan fingerprint density at radius 1 is 1.38 bits per heavy atom. The Bertz CT molecular complexity index is 664. The number of benzene rings is 1. The molecular formula is C17H18N2O2. The third kappa shape index (κ3) is 4.51. The molecule has 0 fully saturated rings. The highest BCUT2D eigenvalue weighted by molar-refractivity contribution is 5.91. The van der Waals surface area contributed by atoms with E-state index in [0.29, 0.717) is 19.4 Å². The third-order valence-electron chi connectivity index (χ3n) is 3.01. The summed E-state index contributed by atoms with van der Waals surface area (Å²) >= 11 is 0. The molecule has 1 heterocycles. The molecule has 0 saturated carbocycles. The van der Waals surface area contributed by atoms with Gasteiger partial charge in [-0.3, -0.25) is 4.79 Å². The van der Waals surface area contributed by atoms with Crippen LogP contribution in [0.25, 0.3) is 0 Å². The molecule has 0 atom stereocenters. The van der Waals surface area contributed by atoms with E-state index < -0.39 is 0 Å². The standard InChI is InChI=1S/C17H18N2O2/c1-13-12-14(4-2-10-18)6-8-16(13)19-17(20)9-7-15-5-3-11-21-15/h3,5-6,8,11-12H,7,9-10,18H2,1H3,(H,19,20). The van der Waals surface area contributed by atoms with Gasteiger partial charge in [0.1, 0.15) is 5.76 Å². The van der Waals surface area contributed by atoms with E-state index in [9.17, 15) is 4.79 Å². The topological polar surface area (TPSA) is 68.3 Å². The second-order valence-corrected chi connectivity index (χ2v) is 4.66. The summed E-state index contributed by atoms with van der Waals surface area (Å²) in [6, 6.07) is 9.35. The van der Waals surface area contributed by atoms with Gasteiger partial charge in [-0.1, -0.05) is 11.8 Å². The summed E-state index contributed by atoms with van der Waals surface area (Å²) < 4.78 is 5.21. The minimum atomic E-state index is -0.0321. The van der Waals surface area contributed by atoms with Gasteiger partial charge in [0, 0.05) is 24.1 Å². The first-order chi connectivity index (χ1) is 10.2. The lowest BCUT2D eigenvalue weighted by molar-refractivity contribution is -0.116. The van der Waals surface area contributed by atoms with Crippen LogP contribution in [0, 0.1) is 18.8 Å². The van der Waals surface area contributed by atoms with Crippen LogP contribution in [-0.4, -0.2) is 12.5 Å². The van der Waals surface area contributed by atoms with E-state index >= 15 is 0 Å². The van der Waals surface area contributed by atoms with Crippen molar-refractivity contribution in [3.05, 3.63) is 53.5 Å². The molecule has 3 N–H and O–H groups in total. The number of carbonyl (C=O) groups excluding carboxylic acids is 1. The van der Waals surface area contributed by atoms with Crippen molar-refractivity contribution in [3.63, 3.8) is 0 Å². The predicted molar refractivity (Wildman–Crippen MR) is 82.8 cm³/mol. The van der Waals surface area contributed by atoms with Gasteiger partial charge in [0.05, 0.1) is 12.8 Å². The minimum Gasteiger partial charge on any atom is -0.469 e. The zero-order chi connectivity index (χ0) is 15.1. The van der Waals surface area contributed by atoms with Crippen LogP contribution in [0.3, 0.4) is 0 Å². The van der Waals surface area contributed by atoms with Crippen molar-refractivity contribution in [2.75, 3.05) is 11.9 Å². The number of nitrogens with two attached hydrogens (primary N) is 1. The van der Waals surface area contributed by atoms with Crippen molar-refractivity contribution in [3.8, 4) is 11.8 Å². The highest BCUT2D eigenvalue weighted by Crippen LogP contribution is 2.16. The van der Waals surface area contributed by atoms with Gasteiger partial charge >= 0.3 is 0 Å². The number of furan rings is 1. The maximum atomic E-state index is 11.9. The van der Waals surface area contributed by atoms with E-state index in [2.05, 4.69) is 17.2 Å². The van der Waals surface area contributed by atoms with Crippen LogP contribution in [0.4, 0.5) is 5.69 Å². The molecule has 0 radical (unpaired) electrons. The molecule has 1 amide bonds. The van der Waals surface area contributed by atoms with Crippen molar-refractivity contribution < 1.29 is 9.21 Å². The summed E-state index contributed by atoms with van der Waals surface area (Å²) in [4.78, 5) is 11.9. The van der Waals surface area contributed by atoms with Crippen LogP contribution >= 0.6 is 0 Å². The lowest BCUT2D eigenvalue weighted by atomic mass is 10.1. The van der Waals surface area contributed by atoms with Crippen molar-refractivity contribution in [2.45, 2.75) is 19.8 Å². The van der Waals surface area contributed by atoms with Crippen LogP contribution in [0.15, 0.2) is 41.0 Å². The number of nitrogens with one attached hydrogen (secondary N) is 1. The zero-order valence-corrected chi connectivity index (χ0v) is 12.0. The van der Waals surface area contributed by atoms with Gasteiger partial charge in [-0.05, 0) is 42.8 Å². The SMILES string of the molecule is Cc1cc(C#CCN)ccc1NC(=O)CCc1ccco1. The second-order valence-electron chi connectivity index (χ2n) is 4.66. The van der Waals surface area contributed by atoms with E-state index in [1.54, 1.807) is 6.26 Å². The van der Waals surface area contributed by atoms with Crippen molar-refractivity contribution in [1.82, 2.24) is 0 Å². The molecule has 4 nitrogen and oxygen atoms in total. The molecule has 21 heavy (non-hydrogen) atoms. The quantitative estimate of drug-likeness (QED) is 0.846. The first kappa shape index (κ1) is 14.9. The Morgan fingerprint density at radius 3 is 2.90 bits per heavy atom. The number of amides is 1. The summed E-state index contributed by atoms with van der Waals surface area (Å²) in [6.45, 7) is 2.28. The van der Waals surface area contributed by atoms with Crippen molar-refractivity contribution >= 4 is 11.6 Å². The third-order valence-corrected chi connectivity index (χ3v) is 3.01. The molecular weight excluding hydrogens is 264 g/mol. The summed E-state index contributed by atoms with van der Waals surface area (Å²) in [5.41, 5.74) is 8.02. The Labute approximate surface area is 124 Å². The van der Waals surface area contributed by atoms with Gasteiger partial charge in [0.2, 0.25) is 5.91 Å². The molecule has 4 heteroatoms. The minimum absolute atomic E-state index is 0.0321. The molecule has 0 spiro atoms. The number of rotatable bonds is 4. The number of carbonyl (C=O) groups is 1. The van der Waals surface area contributed by atoms with Crippen LogP contribution in [0.5, 0.6) is 0 Å². The van der Waals surface area contributed by atoms with Crippen molar-refractivity contribution in [1.29, 1.82) is 0 Å². The van der Waals surface area contributed by atoms with Gasteiger partial charge in [-0.2, -0.15) is 0 Å². The van der Waals surface area contributed by atoms with Gasteiger partial charge in [0.15, 0.2) is 0 Å². The van der Waals surface area contributed by atoms with Crippen LogP contribution < -0.4 is 11.1 Å². The maximum absolute atomic E-state index is 11.9. The van der Waals surface area contributed by atoms with Gasteiger partial charge in [0.25, 0.3) is 0 Å². The van der Waals surface area contributed by atoms with Gasteiger partial charge < -0.3 is 15.5 Å². The summed E-state index contributed by atoms with van der Waals surface area (Å²) in [5.74, 6) is 6.56. The van der Waals surface area contributed by atoms with Gasteiger partial charge in [-0.15, -0.1) is 0 Å². The summed E-state index contributed by atoms with van der Waals surface area (Å²) in [6.07, 6.45) is 2.60. The summed E-state index contributed by atoms with van der Waals surface area (Å²) in [5, 5.41) is 2.90. The largest absolute Gasteiger partial charge is 0.469 e. The average molecular weight is 282 g/mol. The fourth-order valence-electron chi connectivity index (χ4n) is 1.94. The summed E-state index contributed by atoms with van der Waals surface area (Å²) in [7, 11) is 0. The molecule has 108 valence electrons. The number of hydrogen-bond donors (Lipinski definition) is 2. The molecule has 0 aliphatic heterocycles. The molecule has 2 aromatic rings. The first-order valence-electron chi connectivity index (χ1n) is 6.81. The lowest BCUT2D eigenvalue weighted by Gasteiger charge is -2.08. The normalized spacial score (nSPS) is 9.81. The molecule has 0 aliphatic rings. The van der Waals surface area contributed by atoms with E-state index in [4.69, 9.17) is 10.2 Å². The zero-order valence-electron chi connectivity index (χ0n) is 12.0. The Morgan fingerprint density at radius 2 is 2.24 bits per heavy atom. The molecule has 0 unspecified atom stereocenters. The van der Waals surface area contributed by atoms with E-state index in [0.717, 1.165) is 22.6 Å². The van der Waals surface area contributed by atoms with E-state index in [1.807, 2.05) is 37.3 Å². The predicted octanol–water partition coefficient (Wildman–Crippen LogP) is 2.47. The van der Waals surface area contributed by atoms with Crippen LogP contribution in [0.1, 0.15) is 23.3 Å². The number of aryl methyl sites for hydroxylation is 2. The van der Waals surface area contributed by atoms with Crippen LogP contribution in [-0.2, 0) is 11.2 Å². The fourth-order valence-corrected chi connectivity index (χ4v) is 1.94. The second kappa shape index (κ2) is 7.32. The van der Waals surface area contributed by atoms with E-state index in [-0.39, 0.29) is 5.91 Å². The Hall–Kier alpha value is -2.51. The maximum Gasteiger partial charge on any atom is 0.224 e. The molecule has 2 rings (SSSR count).